The Morgan fingerprint density at radius 2 is 2.10 bits per heavy atom. The maximum atomic E-state index is 6.03. The molecule has 1 saturated heterocycles. The van der Waals surface area contributed by atoms with Crippen LogP contribution in [0.15, 0.2) is 18.2 Å². The Kier molecular flexibility index (Phi) is 6.15. The number of aryl methyl sites for hydroxylation is 1. The van der Waals surface area contributed by atoms with Crippen LogP contribution in [0, 0.1) is 0 Å². The van der Waals surface area contributed by atoms with Crippen LogP contribution in [-0.4, -0.2) is 44.2 Å². The Morgan fingerprint density at radius 3 is 2.80 bits per heavy atom. The number of nitrogens with zero attached hydrogens (tertiary/aromatic N) is 1. The molecule has 0 saturated carbocycles. The van der Waals surface area contributed by atoms with Crippen molar-refractivity contribution in [2.24, 2.45) is 0 Å². The predicted molar refractivity (Wildman–Crippen MR) is 84.3 cm³/mol. The van der Waals surface area contributed by atoms with Crippen molar-refractivity contribution >= 4 is 5.69 Å². The monoisotopic (exact) mass is 277 g/mol. The van der Waals surface area contributed by atoms with Crippen LogP contribution >= 0.6 is 0 Å². The summed E-state index contributed by atoms with van der Waals surface area (Å²) in [6.07, 6.45) is 3.28. The fraction of sp³-hybridized carbons (Fsp3) is 0.625. The van der Waals surface area contributed by atoms with Crippen LogP contribution in [0.25, 0.3) is 0 Å². The van der Waals surface area contributed by atoms with E-state index >= 15 is 0 Å². The lowest BCUT2D eigenvalue weighted by Crippen LogP contribution is -2.43. The van der Waals surface area contributed by atoms with Crippen molar-refractivity contribution in [1.82, 2.24) is 10.2 Å². The number of nitrogens with one attached hydrogen (secondary N) is 1. The molecule has 4 nitrogen and oxygen atoms in total. The van der Waals surface area contributed by atoms with Gasteiger partial charge in [0.15, 0.2) is 0 Å². The summed E-state index contributed by atoms with van der Waals surface area (Å²) in [4.78, 5) is 2.53. The average Bonchev–Trinajstić information content (AvgIpc) is 2.47. The number of ether oxygens (including phenoxy) is 1. The van der Waals surface area contributed by atoms with Crippen molar-refractivity contribution in [3.8, 4) is 5.75 Å². The van der Waals surface area contributed by atoms with Crippen LogP contribution in [0.4, 0.5) is 5.69 Å². The Morgan fingerprint density at radius 1 is 1.30 bits per heavy atom. The molecule has 1 aromatic carbocycles. The van der Waals surface area contributed by atoms with Gasteiger partial charge >= 0.3 is 0 Å². The van der Waals surface area contributed by atoms with Crippen LogP contribution in [-0.2, 0) is 6.42 Å². The first-order chi connectivity index (χ1) is 9.79. The lowest BCUT2D eigenvalue weighted by atomic mass is 10.1. The van der Waals surface area contributed by atoms with Gasteiger partial charge in [0.05, 0.1) is 12.3 Å². The number of hydrogen-bond donors (Lipinski definition) is 2. The maximum absolute atomic E-state index is 6.03. The zero-order valence-electron chi connectivity index (χ0n) is 12.5. The standard InChI is InChI=1S/C16H27N3O/c1-2-12-20-16-6-5-14(13-15(16)17)4-3-9-19-10-7-18-8-11-19/h5-6,13,18H,2-4,7-12,17H2,1H3. The molecule has 4 heteroatoms. The lowest BCUT2D eigenvalue weighted by molar-refractivity contribution is 0.238. The van der Waals surface area contributed by atoms with Crippen LogP contribution in [0.1, 0.15) is 25.3 Å². The van der Waals surface area contributed by atoms with Crippen molar-refractivity contribution in [2.75, 3.05) is 45.1 Å². The number of rotatable bonds is 7. The minimum atomic E-state index is 0.729. The van der Waals surface area contributed by atoms with Gasteiger partial charge in [-0.25, -0.2) is 0 Å². The predicted octanol–water partition coefficient (Wildman–Crippen LogP) is 1.90. The van der Waals surface area contributed by atoms with Gasteiger partial charge in [0.1, 0.15) is 5.75 Å². The molecule has 1 aliphatic heterocycles. The van der Waals surface area contributed by atoms with Crippen LogP contribution in [0.2, 0.25) is 0 Å². The molecular weight excluding hydrogens is 250 g/mol. The third-order valence-corrected chi connectivity index (χ3v) is 3.69. The van der Waals surface area contributed by atoms with Gasteiger partial charge in [-0.3, -0.25) is 0 Å². The van der Waals surface area contributed by atoms with Gasteiger partial charge in [-0.05, 0) is 43.5 Å². The highest BCUT2D eigenvalue weighted by atomic mass is 16.5. The minimum Gasteiger partial charge on any atom is -0.491 e. The van der Waals surface area contributed by atoms with E-state index in [9.17, 15) is 0 Å². The molecule has 1 aromatic rings. The third kappa shape index (κ3) is 4.69. The van der Waals surface area contributed by atoms with E-state index in [1.54, 1.807) is 0 Å². The van der Waals surface area contributed by atoms with Crippen molar-refractivity contribution < 1.29 is 4.74 Å². The van der Waals surface area contributed by atoms with Gasteiger partial charge in [0, 0.05) is 26.2 Å². The molecule has 0 unspecified atom stereocenters. The molecule has 0 aliphatic carbocycles. The van der Waals surface area contributed by atoms with E-state index < -0.39 is 0 Å². The van der Waals surface area contributed by atoms with Crippen molar-refractivity contribution in [3.05, 3.63) is 23.8 Å². The van der Waals surface area contributed by atoms with E-state index in [1.165, 1.54) is 31.6 Å². The first kappa shape index (κ1) is 15.1. The van der Waals surface area contributed by atoms with E-state index in [0.717, 1.165) is 44.0 Å². The summed E-state index contributed by atoms with van der Waals surface area (Å²) >= 11 is 0. The van der Waals surface area contributed by atoms with Crippen molar-refractivity contribution in [1.29, 1.82) is 0 Å². The number of piperazine rings is 1. The molecule has 1 fully saturated rings. The maximum Gasteiger partial charge on any atom is 0.142 e. The normalized spacial score (nSPS) is 16.2. The molecule has 2 rings (SSSR count). The molecule has 3 N–H and O–H groups in total. The van der Waals surface area contributed by atoms with E-state index in [-0.39, 0.29) is 0 Å². The van der Waals surface area contributed by atoms with Crippen molar-refractivity contribution in [3.63, 3.8) is 0 Å². The Bertz CT molecular complexity index is 403. The van der Waals surface area contributed by atoms with Gasteiger partial charge in [-0.2, -0.15) is 0 Å². The van der Waals surface area contributed by atoms with E-state index in [1.807, 2.05) is 6.07 Å². The first-order valence-electron chi connectivity index (χ1n) is 7.74. The number of hydrogen-bond acceptors (Lipinski definition) is 4. The van der Waals surface area contributed by atoms with Gasteiger partial charge in [0.25, 0.3) is 0 Å². The third-order valence-electron chi connectivity index (χ3n) is 3.69. The Labute approximate surface area is 122 Å². The Hall–Kier alpha value is -1.26. The zero-order chi connectivity index (χ0) is 14.2. The van der Waals surface area contributed by atoms with Gasteiger partial charge < -0.3 is 20.7 Å². The second-order valence-electron chi connectivity index (χ2n) is 5.42. The van der Waals surface area contributed by atoms with E-state index in [0.29, 0.717) is 0 Å². The number of benzene rings is 1. The highest BCUT2D eigenvalue weighted by Crippen LogP contribution is 2.23. The van der Waals surface area contributed by atoms with Crippen LogP contribution in [0.3, 0.4) is 0 Å². The molecule has 1 aliphatic rings. The van der Waals surface area contributed by atoms with E-state index in [4.69, 9.17) is 10.5 Å². The van der Waals surface area contributed by atoms with Crippen LogP contribution < -0.4 is 15.8 Å². The molecule has 20 heavy (non-hydrogen) atoms. The summed E-state index contributed by atoms with van der Waals surface area (Å²) in [5.41, 5.74) is 8.10. The molecule has 0 atom stereocenters. The van der Waals surface area contributed by atoms with Crippen molar-refractivity contribution in [2.45, 2.75) is 26.2 Å². The Balaban J connectivity index is 1.76. The molecule has 0 aromatic heterocycles. The summed E-state index contributed by atoms with van der Waals surface area (Å²) in [6.45, 7) is 8.59. The largest absolute Gasteiger partial charge is 0.491 e. The van der Waals surface area contributed by atoms with Gasteiger partial charge in [0.2, 0.25) is 0 Å². The SMILES string of the molecule is CCCOc1ccc(CCCN2CCNCC2)cc1N. The molecule has 1 heterocycles. The number of anilines is 1. The summed E-state index contributed by atoms with van der Waals surface area (Å²) in [5.74, 6) is 0.817. The van der Waals surface area contributed by atoms with Crippen LogP contribution in [0.5, 0.6) is 5.75 Å². The fourth-order valence-electron chi connectivity index (χ4n) is 2.54. The van der Waals surface area contributed by atoms with Gasteiger partial charge in [-0.1, -0.05) is 13.0 Å². The molecule has 0 bridgehead atoms. The molecule has 0 spiro atoms. The lowest BCUT2D eigenvalue weighted by Gasteiger charge is -2.27. The molecule has 0 radical (unpaired) electrons. The minimum absolute atomic E-state index is 0.729. The molecular formula is C16H27N3O. The average molecular weight is 277 g/mol. The smallest absolute Gasteiger partial charge is 0.142 e. The highest BCUT2D eigenvalue weighted by Gasteiger charge is 2.09. The number of nitrogen functional groups attached to an aromatic ring is 1. The van der Waals surface area contributed by atoms with Gasteiger partial charge in [-0.15, -0.1) is 0 Å². The summed E-state index contributed by atoms with van der Waals surface area (Å²) < 4.78 is 5.60. The zero-order valence-corrected chi connectivity index (χ0v) is 12.5. The fourth-order valence-corrected chi connectivity index (χ4v) is 2.54. The topological polar surface area (TPSA) is 50.5 Å². The first-order valence-corrected chi connectivity index (χ1v) is 7.74. The summed E-state index contributed by atoms with van der Waals surface area (Å²) in [7, 11) is 0. The highest BCUT2D eigenvalue weighted by molar-refractivity contribution is 5.54. The second-order valence-corrected chi connectivity index (χ2v) is 5.42. The summed E-state index contributed by atoms with van der Waals surface area (Å²) in [5, 5.41) is 3.38. The summed E-state index contributed by atoms with van der Waals surface area (Å²) in [6, 6.07) is 6.20. The van der Waals surface area contributed by atoms with E-state index in [2.05, 4.69) is 29.3 Å². The number of nitrogens with two attached hydrogens (primary N) is 1. The molecule has 0 amide bonds. The molecule has 112 valence electrons. The second kappa shape index (κ2) is 8.12. The quantitative estimate of drug-likeness (QED) is 0.747.